The molecule has 0 bridgehead atoms. The van der Waals surface area contributed by atoms with Crippen molar-refractivity contribution in [1.82, 2.24) is 0 Å². The molecule has 0 spiro atoms. The number of Topliss-reactive ketones (excluding diaryl/α,β-unsaturated/α-hetero) is 1. The first kappa shape index (κ1) is 18.2. The van der Waals surface area contributed by atoms with Gasteiger partial charge in [-0.15, -0.1) is 0 Å². The van der Waals surface area contributed by atoms with E-state index in [-0.39, 0.29) is 32.3 Å². The lowest BCUT2D eigenvalue weighted by atomic mass is 9.53. The molecule has 1 saturated carbocycles. The van der Waals surface area contributed by atoms with Gasteiger partial charge in [-0.1, -0.05) is 48.7 Å². The smallest absolute Gasteiger partial charge is 0.348 e. The molecule has 0 aliphatic heterocycles. The van der Waals surface area contributed by atoms with E-state index < -0.39 is 23.3 Å². The Hall–Kier alpha value is -1.10. The molecule has 0 N–H and O–H groups in total. The fourth-order valence-electron chi connectivity index (χ4n) is 2.97. The molecule has 124 valence electrons. The Morgan fingerprint density at radius 2 is 1.61 bits per heavy atom. The van der Waals surface area contributed by atoms with Crippen molar-refractivity contribution in [3.63, 3.8) is 0 Å². The minimum absolute atomic E-state index is 0.00906. The summed E-state index contributed by atoms with van der Waals surface area (Å²) in [5, 5.41) is 0.289. The third-order valence-electron chi connectivity index (χ3n) is 4.45. The molecule has 0 unspecified atom stereocenters. The van der Waals surface area contributed by atoms with Crippen LogP contribution in [0.5, 0.6) is 0 Å². The van der Waals surface area contributed by atoms with Crippen LogP contribution in [0.15, 0.2) is 12.1 Å². The van der Waals surface area contributed by atoms with Crippen LogP contribution in [0.1, 0.15) is 37.6 Å². The lowest BCUT2D eigenvalue weighted by Gasteiger charge is -2.49. The maximum absolute atomic E-state index is 12.2. The lowest BCUT2D eigenvalue weighted by Crippen LogP contribution is -2.52. The average molecular weight is 378 g/mol. The molecule has 1 aromatic rings. The summed E-state index contributed by atoms with van der Waals surface area (Å²) in [5.74, 6) is -2.32. The van der Waals surface area contributed by atoms with Gasteiger partial charge in [-0.05, 0) is 30.9 Å². The van der Waals surface area contributed by atoms with Gasteiger partial charge >= 0.3 is 11.9 Å². The quantitative estimate of drug-likeness (QED) is 0.571. The zero-order chi connectivity index (χ0) is 17.5. The van der Waals surface area contributed by atoms with Crippen molar-refractivity contribution in [3.8, 4) is 0 Å². The fraction of sp³-hybridized carbons (Fsp3) is 0.438. The largest absolute Gasteiger partial charge is 0.389 e. The standard InChI is InChI=1S/C16H15Cl3O4/c1-7(20)9-6-10(16(9,2)3)14(21)23-15(22)13-11(18)4-8(17)5-12(13)19/h4-5,9-10H,6H2,1-3H3/t9-,10+/m0/s1. The third kappa shape index (κ3) is 3.39. The van der Waals surface area contributed by atoms with Crippen LogP contribution < -0.4 is 0 Å². The monoisotopic (exact) mass is 376 g/mol. The number of carbonyl (C=O) groups is 3. The number of carbonyl (C=O) groups excluding carboxylic acids is 3. The summed E-state index contributed by atoms with van der Waals surface area (Å²) in [5.41, 5.74) is -0.650. The van der Waals surface area contributed by atoms with E-state index in [4.69, 9.17) is 39.5 Å². The van der Waals surface area contributed by atoms with Gasteiger partial charge in [-0.2, -0.15) is 0 Å². The highest BCUT2D eigenvalue weighted by atomic mass is 35.5. The topological polar surface area (TPSA) is 60.4 Å². The number of hydrogen-bond acceptors (Lipinski definition) is 4. The molecule has 0 aromatic heterocycles. The summed E-state index contributed by atoms with van der Waals surface area (Å²) in [7, 11) is 0. The predicted molar refractivity (Wildman–Crippen MR) is 88.0 cm³/mol. The van der Waals surface area contributed by atoms with Crippen LogP contribution in [0, 0.1) is 17.3 Å². The summed E-state index contributed by atoms with van der Waals surface area (Å²) in [4.78, 5) is 35.9. The molecule has 2 atom stereocenters. The summed E-state index contributed by atoms with van der Waals surface area (Å²) >= 11 is 17.6. The molecule has 0 saturated heterocycles. The van der Waals surface area contributed by atoms with E-state index in [0.717, 1.165) is 0 Å². The summed E-state index contributed by atoms with van der Waals surface area (Å²) < 4.78 is 4.90. The van der Waals surface area contributed by atoms with E-state index in [1.165, 1.54) is 19.1 Å². The molecule has 4 nitrogen and oxygen atoms in total. The Labute approximate surface area is 149 Å². The van der Waals surface area contributed by atoms with E-state index in [1.54, 1.807) is 13.8 Å². The van der Waals surface area contributed by atoms with Gasteiger partial charge < -0.3 is 4.74 Å². The molecule has 7 heteroatoms. The Morgan fingerprint density at radius 1 is 1.09 bits per heavy atom. The Morgan fingerprint density at radius 3 is 2.04 bits per heavy atom. The van der Waals surface area contributed by atoms with E-state index in [2.05, 4.69) is 0 Å². The summed E-state index contributed by atoms with van der Waals surface area (Å²) in [6, 6.07) is 2.68. The zero-order valence-electron chi connectivity index (χ0n) is 12.8. The fourth-order valence-corrected chi connectivity index (χ4v) is 3.94. The molecular weight excluding hydrogens is 363 g/mol. The summed E-state index contributed by atoms with van der Waals surface area (Å²) in [6.07, 6.45) is 0.372. The molecule has 0 amide bonds. The van der Waals surface area contributed by atoms with Crippen molar-refractivity contribution in [2.75, 3.05) is 0 Å². The highest BCUT2D eigenvalue weighted by molar-refractivity contribution is 6.42. The molecule has 1 aromatic carbocycles. The van der Waals surface area contributed by atoms with Gasteiger partial charge in [0.15, 0.2) is 0 Å². The zero-order valence-corrected chi connectivity index (χ0v) is 15.1. The molecule has 2 rings (SSSR count). The second-order valence-electron chi connectivity index (χ2n) is 6.23. The predicted octanol–water partition coefficient (Wildman–Crippen LogP) is 4.58. The van der Waals surface area contributed by atoms with Crippen LogP contribution in [-0.2, 0) is 14.3 Å². The van der Waals surface area contributed by atoms with E-state index in [9.17, 15) is 14.4 Å². The lowest BCUT2D eigenvalue weighted by molar-refractivity contribution is -0.162. The van der Waals surface area contributed by atoms with Crippen LogP contribution in [-0.4, -0.2) is 17.7 Å². The first-order valence-electron chi connectivity index (χ1n) is 6.96. The number of hydrogen-bond donors (Lipinski definition) is 0. The number of rotatable bonds is 3. The first-order valence-corrected chi connectivity index (χ1v) is 8.10. The van der Waals surface area contributed by atoms with Gasteiger partial charge in [0.1, 0.15) is 5.78 Å². The number of halogens is 3. The van der Waals surface area contributed by atoms with Crippen molar-refractivity contribution in [1.29, 1.82) is 0 Å². The number of benzene rings is 1. The highest BCUT2D eigenvalue weighted by Gasteiger charge is 2.54. The van der Waals surface area contributed by atoms with Crippen molar-refractivity contribution in [2.45, 2.75) is 27.2 Å². The Balaban J connectivity index is 2.13. The normalized spacial score (nSPS) is 22.2. The number of ketones is 1. The van der Waals surface area contributed by atoms with E-state index in [0.29, 0.717) is 6.42 Å². The van der Waals surface area contributed by atoms with E-state index in [1.807, 2.05) is 0 Å². The molecule has 1 aliphatic carbocycles. The first-order chi connectivity index (χ1) is 10.6. The van der Waals surface area contributed by atoms with Crippen LogP contribution in [0.4, 0.5) is 0 Å². The second kappa shape index (κ2) is 6.42. The summed E-state index contributed by atoms with van der Waals surface area (Å²) in [6.45, 7) is 5.11. The minimum Gasteiger partial charge on any atom is -0.389 e. The van der Waals surface area contributed by atoms with Crippen LogP contribution in [0.3, 0.4) is 0 Å². The molecule has 23 heavy (non-hydrogen) atoms. The molecule has 0 radical (unpaired) electrons. The van der Waals surface area contributed by atoms with Gasteiger partial charge in [0.2, 0.25) is 0 Å². The van der Waals surface area contributed by atoms with Crippen LogP contribution in [0.2, 0.25) is 15.1 Å². The molecule has 0 heterocycles. The minimum atomic E-state index is -0.927. The second-order valence-corrected chi connectivity index (χ2v) is 7.48. The number of ether oxygens (including phenoxy) is 1. The van der Waals surface area contributed by atoms with E-state index >= 15 is 0 Å². The van der Waals surface area contributed by atoms with Gasteiger partial charge in [0.05, 0.1) is 21.5 Å². The maximum Gasteiger partial charge on any atom is 0.348 e. The molecule has 1 fully saturated rings. The van der Waals surface area contributed by atoms with Crippen LogP contribution >= 0.6 is 34.8 Å². The third-order valence-corrected chi connectivity index (χ3v) is 5.26. The van der Waals surface area contributed by atoms with Crippen molar-refractivity contribution in [3.05, 3.63) is 32.8 Å². The van der Waals surface area contributed by atoms with Crippen molar-refractivity contribution in [2.24, 2.45) is 17.3 Å². The Bertz CT molecular complexity index is 674. The number of esters is 2. The molecule has 1 aliphatic rings. The average Bonchev–Trinajstić information content (AvgIpc) is 2.35. The van der Waals surface area contributed by atoms with Gasteiger partial charge in [0.25, 0.3) is 0 Å². The van der Waals surface area contributed by atoms with Gasteiger partial charge in [0, 0.05) is 10.9 Å². The van der Waals surface area contributed by atoms with Gasteiger partial charge in [-0.3, -0.25) is 9.59 Å². The SMILES string of the molecule is CC(=O)[C@@H]1C[C@H](C(=O)OC(=O)c2c(Cl)cc(Cl)cc2Cl)C1(C)C. The van der Waals surface area contributed by atoms with Crippen molar-refractivity contribution < 1.29 is 19.1 Å². The van der Waals surface area contributed by atoms with Crippen molar-refractivity contribution >= 4 is 52.5 Å². The Kier molecular flexibility index (Phi) is 5.09. The molecular formula is C16H15Cl3O4. The van der Waals surface area contributed by atoms with Crippen LogP contribution in [0.25, 0.3) is 0 Å². The highest BCUT2D eigenvalue weighted by Crippen LogP contribution is 2.52. The van der Waals surface area contributed by atoms with Gasteiger partial charge in [-0.25, -0.2) is 4.79 Å². The maximum atomic E-state index is 12.2.